The molecule has 27 heavy (non-hydrogen) atoms. The van der Waals surface area contributed by atoms with E-state index in [0.29, 0.717) is 0 Å². The molecular formula is C16H10Cl6FNO3. The second-order valence-electron chi connectivity index (χ2n) is 6.29. The number of carboxylic acids is 1. The van der Waals surface area contributed by atoms with Gasteiger partial charge in [0.25, 0.3) is 0 Å². The SMILES string of the molecule is CN(C(=O)[C@@H]1[C@H](C(=O)O)[C@@]2(Cl)C(Cl)=C(Cl)[C@@]1(Cl)C2(Cl)Cl)c1ccc(F)cc1. The number of alkyl halides is 4. The van der Waals surface area contributed by atoms with Gasteiger partial charge in [0.05, 0.1) is 21.9 Å². The van der Waals surface area contributed by atoms with E-state index in [9.17, 15) is 19.1 Å². The van der Waals surface area contributed by atoms with Crippen molar-refractivity contribution < 1.29 is 19.1 Å². The Morgan fingerprint density at radius 1 is 1.00 bits per heavy atom. The molecule has 3 rings (SSSR count). The van der Waals surface area contributed by atoms with Gasteiger partial charge >= 0.3 is 5.97 Å². The van der Waals surface area contributed by atoms with Gasteiger partial charge in [-0.05, 0) is 24.3 Å². The third-order valence-electron chi connectivity index (χ3n) is 5.01. The molecule has 1 amide bonds. The van der Waals surface area contributed by atoms with Crippen LogP contribution in [0.15, 0.2) is 34.3 Å². The van der Waals surface area contributed by atoms with Crippen molar-refractivity contribution >= 4 is 87.2 Å². The molecule has 2 aliphatic rings. The Balaban J connectivity index is 2.15. The predicted molar refractivity (Wildman–Crippen MR) is 105 cm³/mol. The molecule has 0 unspecified atom stereocenters. The Labute approximate surface area is 183 Å². The minimum Gasteiger partial charge on any atom is -0.481 e. The van der Waals surface area contributed by atoms with E-state index in [4.69, 9.17) is 69.6 Å². The number of hydrogen-bond donors (Lipinski definition) is 1. The number of rotatable bonds is 3. The van der Waals surface area contributed by atoms with Crippen LogP contribution in [0.3, 0.4) is 0 Å². The second kappa shape index (κ2) is 6.54. The van der Waals surface area contributed by atoms with Gasteiger partial charge < -0.3 is 10.0 Å². The molecule has 1 fully saturated rings. The Morgan fingerprint density at radius 3 is 1.89 bits per heavy atom. The van der Waals surface area contributed by atoms with Crippen LogP contribution in [0, 0.1) is 17.7 Å². The number of hydrogen-bond acceptors (Lipinski definition) is 2. The molecule has 2 bridgehead atoms. The summed E-state index contributed by atoms with van der Waals surface area (Å²) in [7, 11) is 1.37. The minimum atomic E-state index is -2.18. The average Bonchev–Trinajstić information content (AvgIpc) is 2.81. The standard InChI is InChI=1S/C16H10Cl6FNO3/c1-24(7-4-2-6(23)3-5-7)12(25)8-9(13(26)27)15(20)11(18)10(17)14(8,19)16(15,21)22/h2-5,8-9H,1H3,(H,26,27)/t8-,9+,14+,15+/m0/s1. The van der Waals surface area contributed by atoms with Crippen molar-refractivity contribution in [2.45, 2.75) is 14.1 Å². The molecule has 0 saturated heterocycles. The van der Waals surface area contributed by atoms with Crippen LogP contribution in [0.4, 0.5) is 10.1 Å². The van der Waals surface area contributed by atoms with E-state index in [-0.39, 0.29) is 15.8 Å². The number of anilines is 1. The van der Waals surface area contributed by atoms with Gasteiger partial charge in [0.2, 0.25) is 5.91 Å². The summed E-state index contributed by atoms with van der Waals surface area (Å²) in [6.07, 6.45) is 0. The fourth-order valence-electron chi connectivity index (χ4n) is 3.61. The highest BCUT2D eigenvalue weighted by Crippen LogP contribution is 2.76. The summed E-state index contributed by atoms with van der Waals surface area (Å²) in [6.45, 7) is 0. The largest absolute Gasteiger partial charge is 0.481 e. The molecular weight excluding hydrogens is 486 g/mol. The van der Waals surface area contributed by atoms with Gasteiger partial charge in [0.1, 0.15) is 15.6 Å². The summed E-state index contributed by atoms with van der Waals surface area (Å²) in [6, 6.07) is 4.97. The fourth-order valence-corrected chi connectivity index (χ4v) is 6.54. The van der Waals surface area contributed by atoms with E-state index < -0.39 is 43.6 Å². The van der Waals surface area contributed by atoms with Crippen molar-refractivity contribution in [3.05, 3.63) is 40.1 Å². The lowest BCUT2D eigenvalue weighted by molar-refractivity contribution is -0.146. The van der Waals surface area contributed by atoms with Gasteiger partial charge in [-0.2, -0.15) is 0 Å². The smallest absolute Gasteiger partial charge is 0.309 e. The molecule has 4 nitrogen and oxygen atoms in total. The average molecular weight is 496 g/mol. The van der Waals surface area contributed by atoms with Gasteiger partial charge in [-0.15, -0.1) is 23.2 Å². The Hall–Kier alpha value is -0.430. The van der Waals surface area contributed by atoms with Crippen molar-refractivity contribution in [2.75, 3.05) is 11.9 Å². The number of halogens is 7. The molecule has 1 N–H and O–H groups in total. The number of carbonyl (C=O) groups is 2. The van der Waals surface area contributed by atoms with E-state index >= 15 is 0 Å². The van der Waals surface area contributed by atoms with Crippen LogP contribution in [-0.4, -0.2) is 38.1 Å². The summed E-state index contributed by atoms with van der Waals surface area (Å²) in [5, 5.41) is 9.16. The third kappa shape index (κ3) is 2.49. The molecule has 0 heterocycles. The maximum Gasteiger partial charge on any atom is 0.309 e. The van der Waals surface area contributed by atoms with Crippen LogP contribution < -0.4 is 4.90 Å². The summed E-state index contributed by atoms with van der Waals surface area (Å²) in [4.78, 5) is 22.1. The number of nitrogens with zero attached hydrogens (tertiary/aromatic N) is 1. The number of amides is 1. The molecule has 4 atom stereocenters. The van der Waals surface area contributed by atoms with E-state index in [1.807, 2.05) is 0 Å². The highest BCUT2D eigenvalue weighted by Gasteiger charge is 2.85. The van der Waals surface area contributed by atoms with Gasteiger partial charge in [0, 0.05) is 12.7 Å². The molecule has 0 aromatic heterocycles. The molecule has 146 valence electrons. The number of allylic oxidation sites excluding steroid dienone is 2. The van der Waals surface area contributed by atoms with Crippen LogP contribution in [0.5, 0.6) is 0 Å². The molecule has 1 aromatic rings. The lowest BCUT2D eigenvalue weighted by Gasteiger charge is -2.35. The first-order chi connectivity index (χ1) is 12.3. The Kier molecular flexibility index (Phi) is 5.16. The zero-order chi connectivity index (χ0) is 20.5. The predicted octanol–water partition coefficient (Wildman–Crippen LogP) is 4.95. The number of carboxylic acid groups (broad SMARTS) is 1. The second-order valence-corrected chi connectivity index (χ2v) is 9.57. The number of carbonyl (C=O) groups excluding carboxylic acids is 1. The lowest BCUT2D eigenvalue weighted by Crippen LogP contribution is -2.50. The quantitative estimate of drug-likeness (QED) is 0.604. The van der Waals surface area contributed by atoms with Gasteiger partial charge in [-0.25, -0.2) is 4.39 Å². The molecule has 11 heteroatoms. The summed E-state index contributed by atoms with van der Waals surface area (Å²) < 4.78 is 11.0. The first kappa shape index (κ1) is 21.3. The van der Waals surface area contributed by atoms with Crippen LogP contribution in [-0.2, 0) is 9.59 Å². The molecule has 2 aliphatic carbocycles. The van der Waals surface area contributed by atoms with Crippen LogP contribution in [0.25, 0.3) is 0 Å². The van der Waals surface area contributed by atoms with Gasteiger partial charge in [0.15, 0.2) is 4.33 Å². The normalized spacial score (nSPS) is 34.1. The first-order valence-corrected chi connectivity index (χ1v) is 9.68. The van der Waals surface area contributed by atoms with Crippen molar-refractivity contribution in [3.8, 4) is 0 Å². The van der Waals surface area contributed by atoms with Gasteiger partial charge in [-0.3, -0.25) is 9.59 Å². The maximum absolute atomic E-state index is 13.2. The molecule has 0 aliphatic heterocycles. The van der Waals surface area contributed by atoms with Crippen LogP contribution >= 0.6 is 69.6 Å². The van der Waals surface area contributed by atoms with E-state index in [1.54, 1.807) is 0 Å². The van der Waals surface area contributed by atoms with E-state index in [2.05, 4.69) is 0 Å². The lowest BCUT2D eigenvalue weighted by atomic mass is 9.81. The Bertz CT molecular complexity index is 875. The van der Waals surface area contributed by atoms with Crippen molar-refractivity contribution in [2.24, 2.45) is 11.8 Å². The molecule has 1 saturated carbocycles. The summed E-state index contributed by atoms with van der Waals surface area (Å²) >= 11 is 38.1. The van der Waals surface area contributed by atoms with Crippen molar-refractivity contribution in [1.82, 2.24) is 0 Å². The molecule has 0 spiro atoms. The number of benzene rings is 1. The van der Waals surface area contributed by atoms with Crippen molar-refractivity contribution in [1.29, 1.82) is 0 Å². The minimum absolute atomic E-state index is 0.283. The Morgan fingerprint density at radius 2 is 1.44 bits per heavy atom. The fraction of sp³-hybridized carbons (Fsp3) is 0.375. The van der Waals surface area contributed by atoms with E-state index in [1.165, 1.54) is 19.2 Å². The topological polar surface area (TPSA) is 57.6 Å². The summed E-state index contributed by atoms with van der Waals surface area (Å²) in [5.74, 6) is -5.92. The van der Waals surface area contributed by atoms with E-state index in [0.717, 1.165) is 17.0 Å². The zero-order valence-corrected chi connectivity index (χ0v) is 17.9. The van der Waals surface area contributed by atoms with Gasteiger partial charge in [-0.1, -0.05) is 46.4 Å². The maximum atomic E-state index is 13.2. The zero-order valence-electron chi connectivity index (χ0n) is 13.3. The highest BCUT2D eigenvalue weighted by atomic mass is 35.5. The first-order valence-electron chi connectivity index (χ1n) is 7.41. The monoisotopic (exact) mass is 493 g/mol. The molecule has 1 aromatic carbocycles. The summed E-state index contributed by atoms with van der Waals surface area (Å²) in [5.41, 5.74) is 0.290. The number of fused-ring (bicyclic) bond motifs is 2. The van der Waals surface area contributed by atoms with Crippen LogP contribution in [0.2, 0.25) is 0 Å². The number of aliphatic carboxylic acids is 1. The van der Waals surface area contributed by atoms with Crippen molar-refractivity contribution in [3.63, 3.8) is 0 Å². The third-order valence-corrected chi connectivity index (χ3v) is 9.27. The molecule has 0 radical (unpaired) electrons. The van der Waals surface area contributed by atoms with Crippen LogP contribution in [0.1, 0.15) is 0 Å². The highest BCUT2D eigenvalue weighted by molar-refractivity contribution is 6.66.